The van der Waals surface area contributed by atoms with Crippen molar-refractivity contribution >= 4 is 23.3 Å². The van der Waals surface area contributed by atoms with E-state index < -0.39 is 0 Å². The SMILES string of the molecule is C=CCSCCNc1ncnc(OC(C)C)c1N. The van der Waals surface area contributed by atoms with Crippen molar-refractivity contribution in [2.45, 2.75) is 20.0 Å². The van der Waals surface area contributed by atoms with Crippen LogP contribution in [0.2, 0.25) is 0 Å². The van der Waals surface area contributed by atoms with E-state index in [1.54, 1.807) is 11.8 Å². The smallest absolute Gasteiger partial charge is 0.242 e. The van der Waals surface area contributed by atoms with Crippen molar-refractivity contribution in [3.63, 3.8) is 0 Å². The van der Waals surface area contributed by atoms with Crippen LogP contribution in [0.1, 0.15) is 13.8 Å². The Labute approximate surface area is 112 Å². The standard InChI is InChI=1S/C12H20N4OS/c1-4-6-18-7-5-14-11-10(13)12(16-8-15-11)17-9(2)3/h4,8-9H,1,5-7,13H2,2-3H3,(H,14,15,16). The predicted molar refractivity (Wildman–Crippen MR) is 78.2 cm³/mol. The summed E-state index contributed by atoms with van der Waals surface area (Å²) in [5, 5.41) is 3.17. The molecule has 1 aromatic rings. The van der Waals surface area contributed by atoms with Crippen LogP contribution in [0.25, 0.3) is 0 Å². The summed E-state index contributed by atoms with van der Waals surface area (Å²) >= 11 is 1.80. The molecule has 100 valence electrons. The summed E-state index contributed by atoms with van der Waals surface area (Å²) in [7, 11) is 0. The Morgan fingerprint density at radius 2 is 2.33 bits per heavy atom. The minimum absolute atomic E-state index is 0.0400. The van der Waals surface area contributed by atoms with E-state index in [9.17, 15) is 0 Å². The third-order valence-electron chi connectivity index (χ3n) is 1.97. The normalized spacial score (nSPS) is 10.4. The van der Waals surface area contributed by atoms with Gasteiger partial charge < -0.3 is 15.8 Å². The first-order valence-corrected chi connectivity index (χ1v) is 7.00. The van der Waals surface area contributed by atoms with Gasteiger partial charge in [-0.05, 0) is 13.8 Å². The van der Waals surface area contributed by atoms with E-state index in [0.29, 0.717) is 17.4 Å². The average Bonchev–Trinajstić information content (AvgIpc) is 2.33. The van der Waals surface area contributed by atoms with E-state index in [1.165, 1.54) is 6.33 Å². The van der Waals surface area contributed by atoms with Gasteiger partial charge in [-0.15, -0.1) is 6.58 Å². The Balaban J connectivity index is 2.52. The number of rotatable bonds is 8. The molecule has 0 aromatic carbocycles. The molecule has 0 atom stereocenters. The summed E-state index contributed by atoms with van der Waals surface area (Å²) in [5.74, 6) is 2.97. The van der Waals surface area contributed by atoms with Crippen molar-refractivity contribution < 1.29 is 4.74 Å². The largest absolute Gasteiger partial charge is 0.473 e. The highest BCUT2D eigenvalue weighted by Crippen LogP contribution is 2.25. The average molecular weight is 268 g/mol. The van der Waals surface area contributed by atoms with Crippen LogP contribution < -0.4 is 15.8 Å². The molecule has 3 N–H and O–H groups in total. The van der Waals surface area contributed by atoms with Crippen LogP contribution >= 0.6 is 11.8 Å². The summed E-state index contributed by atoms with van der Waals surface area (Å²) in [6.45, 7) is 8.33. The zero-order chi connectivity index (χ0) is 13.4. The van der Waals surface area contributed by atoms with Crippen LogP contribution in [0.15, 0.2) is 19.0 Å². The molecule has 6 heteroatoms. The van der Waals surface area contributed by atoms with Crippen molar-refractivity contribution in [3.05, 3.63) is 19.0 Å². The first-order valence-electron chi connectivity index (χ1n) is 5.84. The van der Waals surface area contributed by atoms with Crippen LogP contribution in [0.5, 0.6) is 5.88 Å². The maximum atomic E-state index is 5.94. The summed E-state index contributed by atoms with van der Waals surface area (Å²) in [6, 6.07) is 0. The summed E-state index contributed by atoms with van der Waals surface area (Å²) in [5.41, 5.74) is 6.40. The molecule has 1 aromatic heterocycles. The maximum Gasteiger partial charge on any atom is 0.242 e. The number of anilines is 2. The van der Waals surface area contributed by atoms with Gasteiger partial charge in [-0.25, -0.2) is 4.98 Å². The molecule has 0 saturated heterocycles. The molecule has 0 aliphatic carbocycles. The Hall–Kier alpha value is -1.43. The monoisotopic (exact) mass is 268 g/mol. The molecule has 0 radical (unpaired) electrons. The lowest BCUT2D eigenvalue weighted by Gasteiger charge is -2.13. The number of thioether (sulfide) groups is 1. The Kier molecular flexibility index (Phi) is 6.35. The molecule has 18 heavy (non-hydrogen) atoms. The first-order chi connectivity index (χ1) is 8.65. The minimum atomic E-state index is 0.0400. The van der Waals surface area contributed by atoms with Gasteiger partial charge in [0.15, 0.2) is 5.82 Å². The van der Waals surface area contributed by atoms with Crippen LogP contribution in [-0.2, 0) is 0 Å². The second-order valence-electron chi connectivity index (χ2n) is 3.90. The zero-order valence-corrected chi connectivity index (χ0v) is 11.7. The van der Waals surface area contributed by atoms with Gasteiger partial charge in [-0.1, -0.05) is 6.08 Å². The highest BCUT2D eigenvalue weighted by Gasteiger charge is 2.09. The number of hydrogen-bond donors (Lipinski definition) is 2. The molecule has 1 rings (SSSR count). The van der Waals surface area contributed by atoms with E-state index >= 15 is 0 Å². The lowest BCUT2D eigenvalue weighted by molar-refractivity contribution is 0.234. The third kappa shape index (κ3) is 4.83. The molecular formula is C12H20N4OS. The minimum Gasteiger partial charge on any atom is -0.473 e. The number of hydrogen-bond acceptors (Lipinski definition) is 6. The molecule has 0 aliphatic rings. The van der Waals surface area contributed by atoms with Gasteiger partial charge in [0.05, 0.1) is 6.10 Å². The lowest BCUT2D eigenvalue weighted by Crippen LogP contribution is -2.13. The number of nitrogens with one attached hydrogen (secondary N) is 1. The van der Waals surface area contributed by atoms with Gasteiger partial charge in [0.1, 0.15) is 12.0 Å². The van der Waals surface area contributed by atoms with E-state index in [1.807, 2.05) is 19.9 Å². The Morgan fingerprint density at radius 3 is 3.00 bits per heavy atom. The number of ether oxygens (including phenoxy) is 1. The van der Waals surface area contributed by atoms with E-state index in [0.717, 1.165) is 18.1 Å². The van der Waals surface area contributed by atoms with Crippen molar-refractivity contribution in [1.82, 2.24) is 9.97 Å². The highest BCUT2D eigenvalue weighted by molar-refractivity contribution is 7.99. The van der Waals surface area contributed by atoms with Gasteiger partial charge >= 0.3 is 0 Å². The maximum absolute atomic E-state index is 5.94. The van der Waals surface area contributed by atoms with Gasteiger partial charge in [-0.3, -0.25) is 0 Å². The summed E-state index contributed by atoms with van der Waals surface area (Å²) in [4.78, 5) is 8.13. The van der Waals surface area contributed by atoms with Crippen LogP contribution in [-0.4, -0.2) is 34.1 Å². The fraction of sp³-hybridized carbons (Fsp3) is 0.500. The first kappa shape index (κ1) is 14.6. The molecule has 0 saturated carbocycles. The Morgan fingerprint density at radius 1 is 1.56 bits per heavy atom. The summed E-state index contributed by atoms with van der Waals surface area (Å²) in [6.07, 6.45) is 3.38. The predicted octanol–water partition coefficient (Wildman–Crippen LogP) is 2.18. The third-order valence-corrected chi connectivity index (χ3v) is 2.93. The second-order valence-corrected chi connectivity index (χ2v) is 5.05. The fourth-order valence-corrected chi connectivity index (χ4v) is 1.83. The van der Waals surface area contributed by atoms with E-state index in [4.69, 9.17) is 10.5 Å². The van der Waals surface area contributed by atoms with Crippen molar-refractivity contribution in [3.8, 4) is 5.88 Å². The highest BCUT2D eigenvalue weighted by atomic mass is 32.2. The Bertz CT molecular complexity index is 384. The van der Waals surface area contributed by atoms with E-state index in [2.05, 4.69) is 21.9 Å². The second kappa shape index (κ2) is 7.81. The number of nitrogens with two attached hydrogens (primary N) is 1. The van der Waals surface area contributed by atoms with Crippen molar-refractivity contribution in [2.24, 2.45) is 0 Å². The number of nitrogen functional groups attached to an aromatic ring is 1. The van der Waals surface area contributed by atoms with Crippen molar-refractivity contribution in [2.75, 3.05) is 29.1 Å². The van der Waals surface area contributed by atoms with Crippen LogP contribution in [0.4, 0.5) is 11.5 Å². The van der Waals surface area contributed by atoms with Crippen LogP contribution in [0, 0.1) is 0 Å². The van der Waals surface area contributed by atoms with Crippen LogP contribution in [0.3, 0.4) is 0 Å². The van der Waals surface area contributed by atoms with Gasteiger partial charge in [0.2, 0.25) is 5.88 Å². The quantitative estimate of drug-likeness (QED) is 0.556. The molecule has 1 heterocycles. The number of aromatic nitrogens is 2. The lowest BCUT2D eigenvalue weighted by atomic mass is 10.4. The van der Waals surface area contributed by atoms with E-state index in [-0.39, 0.29) is 6.10 Å². The van der Waals surface area contributed by atoms with Gasteiger partial charge in [-0.2, -0.15) is 16.7 Å². The van der Waals surface area contributed by atoms with Crippen molar-refractivity contribution in [1.29, 1.82) is 0 Å². The molecule has 0 fully saturated rings. The number of nitrogens with zero attached hydrogens (tertiary/aromatic N) is 2. The molecule has 0 aliphatic heterocycles. The fourth-order valence-electron chi connectivity index (χ4n) is 1.25. The molecule has 0 spiro atoms. The van der Waals surface area contributed by atoms with Gasteiger partial charge in [0, 0.05) is 18.1 Å². The molecule has 0 unspecified atom stereocenters. The molecular weight excluding hydrogens is 248 g/mol. The molecule has 0 bridgehead atoms. The topological polar surface area (TPSA) is 73.1 Å². The zero-order valence-electron chi connectivity index (χ0n) is 10.8. The molecule has 0 amide bonds. The molecule has 5 nitrogen and oxygen atoms in total. The van der Waals surface area contributed by atoms with Gasteiger partial charge in [0.25, 0.3) is 0 Å². The summed E-state index contributed by atoms with van der Waals surface area (Å²) < 4.78 is 5.50.